The molecule has 0 bridgehead atoms. The van der Waals surface area contributed by atoms with Gasteiger partial charge >= 0.3 is 5.97 Å². The minimum atomic E-state index is -1.07. The SMILES string of the molecule is CCOc1cc(/C=N\NC(=O)c2cccc3ccccc23)cc(I)c1OCC(=O)O. The Labute approximate surface area is 186 Å². The van der Waals surface area contributed by atoms with Gasteiger partial charge in [-0.25, -0.2) is 10.2 Å². The number of fused-ring (bicyclic) bond motifs is 1. The molecule has 0 atom stereocenters. The molecule has 0 aliphatic heterocycles. The summed E-state index contributed by atoms with van der Waals surface area (Å²) in [4.78, 5) is 23.4. The first kappa shape index (κ1) is 21.6. The zero-order valence-electron chi connectivity index (χ0n) is 16.1. The first-order chi connectivity index (χ1) is 14.5. The van der Waals surface area contributed by atoms with Gasteiger partial charge in [-0.05, 0) is 64.0 Å². The number of ether oxygens (including phenoxy) is 2. The fourth-order valence-electron chi connectivity index (χ4n) is 2.85. The number of aliphatic carboxylic acids is 1. The Balaban J connectivity index is 1.78. The molecule has 0 saturated heterocycles. The van der Waals surface area contributed by atoms with Crippen molar-refractivity contribution in [2.24, 2.45) is 5.10 Å². The van der Waals surface area contributed by atoms with Gasteiger partial charge in [0.2, 0.25) is 0 Å². The Morgan fingerprint density at radius 2 is 1.90 bits per heavy atom. The highest BCUT2D eigenvalue weighted by atomic mass is 127. The number of nitrogens with zero attached hydrogens (tertiary/aromatic N) is 1. The molecule has 0 aliphatic rings. The molecule has 3 rings (SSSR count). The number of amides is 1. The number of hydrogen-bond acceptors (Lipinski definition) is 5. The number of carbonyl (C=O) groups is 2. The van der Waals surface area contributed by atoms with E-state index in [0.717, 1.165) is 10.8 Å². The van der Waals surface area contributed by atoms with Crippen LogP contribution in [0.15, 0.2) is 59.7 Å². The fourth-order valence-corrected chi connectivity index (χ4v) is 3.63. The summed E-state index contributed by atoms with van der Waals surface area (Å²) in [7, 11) is 0. The largest absolute Gasteiger partial charge is 0.490 e. The first-order valence-corrected chi connectivity index (χ1v) is 10.2. The first-order valence-electron chi connectivity index (χ1n) is 9.11. The molecule has 0 spiro atoms. The minimum absolute atomic E-state index is 0.316. The minimum Gasteiger partial charge on any atom is -0.490 e. The van der Waals surface area contributed by atoms with E-state index in [9.17, 15) is 9.59 Å². The van der Waals surface area contributed by atoms with E-state index in [1.807, 2.05) is 65.9 Å². The molecular weight excluding hydrogens is 499 g/mol. The Morgan fingerprint density at radius 3 is 2.67 bits per heavy atom. The number of benzene rings is 3. The molecular formula is C22H19IN2O5. The van der Waals surface area contributed by atoms with Crippen LogP contribution in [0.3, 0.4) is 0 Å². The molecule has 0 heterocycles. The maximum Gasteiger partial charge on any atom is 0.341 e. The van der Waals surface area contributed by atoms with Gasteiger partial charge in [0.05, 0.1) is 16.4 Å². The number of rotatable bonds is 8. The van der Waals surface area contributed by atoms with Crippen LogP contribution in [0.2, 0.25) is 0 Å². The van der Waals surface area contributed by atoms with Gasteiger partial charge in [0.25, 0.3) is 5.91 Å². The highest BCUT2D eigenvalue weighted by Crippen LogP contribution is 2.34. The molecule has 7 nitrogen and oxygen atoms in total. The second kappa shape index (κ2) is 10.1. The molecule has 3 aromatic rings. The van der Waals surface area contributed by atoms with Crippen molar-refractivity contribution in [1.82, 2.24) is 5.43 Å². The van der Waals surface area contributed by atoms with Gasteiger partial charge < -0.3 is 14.6 Å². The summed E-state index contributed by atoms with van der Waals surface area (Å²) in [5.41, 5.74) is 3.75. The number of hydrogen-bond donors (Lipinski definition) is 2. The smallest absolute Gasteiger partial charge is 0.341 e. The lowest BCUT2D eigenvalue weighted by Gasteiger charge is -2.13. The zero-order valence-corrected chi connectivity index (χ0v) is 18.3. The Morgan fingerprint density at radius 1 is 1.13 bits per heavy atom. The number of hydrazone groups is 1. The van der Waals surface area contributed by atoms with E-state index in [1.165, 1.54) is 6.21 Å². The summed E-state index contributed by atoms with van der Waals surface area (Å²) in [6.45, 7) is 1.74. The van der Waals surface area contributed by atoms with Crippen LogP contribution < -0.4 is 14.9 Å². The monoisotopic (exact) mass is 518 g/mol. The highest BCUT2D eigenvalue weighted by molar-refractivity contribution is 14.1. The molecule has 0 unspecified atom stereocenters. The predicted molar refractivity (Wildman–Crippen MR) is 122 cm³/mol. The van der Waals surface area contributed by atoms with Crippen LogP contribution in [0.1, 0.15) is 22.8 Å². The maximum absolute atomic E-state index is 12.6. The molecule has 0 saturated carbocycles. The van der Waals surface area contributed by atoms with E-state index in [1.54, 1.807) is 18.2 Å². The summed E-state index contributed by atoms with van der Waals surface area (Å²) < 4.78 is 11.6. The van der Waals surface area contributed by atoms with E-state index in [2.05, 4.69) is 10.5 Å². The maximum atomic E-state index is 12.6. The normalized spacial score (nSPS) is 10.9. The van der Waals surface area contributed by atoms with E-state index < -0.39 is 12.6 Å². The number of nitrogens with one attached hydrogen (secondary N) is 1. The van der Waals surface area contributed by atoms with E-state index in [4.69, 9.17) is 14.6 Å². The second-order valence-electron chi connectivity index (χ2n) is 6.17. The number of carbonyl (C=O) groups excluding carboxylic acids is 1. The summed E-state index contributed by atoms with van der Waals surface area (Å²) >= 11 is 2.04. The third-order valence-corrected chi connectivity index (χ3v) is 4.89. The second-order valence-corrected chi connectivity index (χ2v) is 7.33. The quantitative estimate of drug-likeness (QED) is 0.266. The van der Waals surface area contributed by atoms with E-state index >= 15 is 0 Å². The molecule has 0 fully saturated rings. The van der Waals surface area contributed by atoms with Crippen LogP contribution in [0.4, 0.5) is 0 Å². The van der Waals surface area contributed by atoms with Crippen molar-refractivity contribution in [3.8, 4) is 11.5 Å². The number of carboxylic acid groups (broad SMARTS) is 1. The number of carboxylic acids is 1. The van der Waals surface area contributed by atoms with E-state index in [-0.39, 0.29) is 5.91 Å². The third kappa shape index (κ3) is 5.26. The summed E-state index contributed by atoms with van der Waals surface area (Å²) in [6, 6.07) is 16.6. The lowest BCUT2D eigenvalue weighted by molar-refractivity contribution is -0.139. The molecule has 0 aromatic heterocycles. The topological polar surface area (TPSA) is 97.2 Å². The van der Waals surface area contributed by atoms with Crippen LogP contribution in [0.5, 0.6) is 11.5 Å². The molecule has 2 N–H and O–H groups in total. The van der Waals surface area contributed by atoms with Crippen molar-refractivity contribution in [3.05, 3.63) is 69.3 Å². The van der Waals surface area contributed by atoms with Gasteiger partial charge in [-0.3, -0.25) is 4.79 Å². The van der Waals surface area contributed by atoms with Gasteiger partial charge in [0.1, 0.15) is 0 Å². The van der Waals surface area contributed by atoms with Crippen LogP contribution in [0, 0.1) is 3.57 Å². The van der Waals surface area contributed by atoms with Crippen LogP contribution in [0.25, 0.3) is 10.8 Å². The van der Waals surface area contributed by atoms with Gasteiger partial charge in [-0.1, -0.05) is 36.4 Å². The average molecular weight is 518 g/mol. The lowest BCUT2D eigenvalue weighted by Crippen LogP contribution is -2.18. The Kier molecular flexibility index (Phi) is 7.23. The van der Waals surface area contributed by atoms with Crippen molar-refractivity contribution in [1.29, 1.82) is 0 Å². The molecule has 30 heavy (non-hydrogen) atoms. The predicted octanol–water partition coefficient (Wildman–Crippen LogP) is 4.07. The standard InChI is InChI=1S/C22H19IN2O5/c1-2-29-19-11-14(10-18(23)21(19)30-13-20(26)27)12-24-25-22(28)17-9-5-7-15-6-3-4-8-16(15)17/h3-12H,2,13H2,1H3,(H,25,28)(H,26,27)/b24-12-. The molecule has 154 valence electrons. The fraction of sp³-hybridized carbons (Fsp3) is 0.136. The number of halogens is 1. The molecule has 1 amide bonds. The van der Waals surface area contributed by atoms with Gasteiger partial charge in [-0.2, -0.15) is 5.10 Å². The average Bonchev–Trinajstić information content (AvgIpc) is 2.72. The Bertz CT molecular complexity index is 1110. The summed E-state index contributed by atoms with van der Waals surface area (Å²) in [5, 5.41) is 14.7. The molecule has 3 aromatic carbocycles. The molecule has 8 heteroatoms. The van der Waals surface area contributed by atoms with Gasteiger partial charge in [0.15, 0.2) is 18.1 Å². The van der Waals surface area contributed by atoms with Crippen molar-refractivity contribution in [3.63, 3.8) is 0 Å². The van der Waals surface area contributed by atoms with Crippen molar-refractivity contribution in [2.75, 3.05) is 13.2 Å². The lowest BCUT2D eigenvalue weighted by atomic mass is 10.0. The van der Waals surface area contributed by atoms with Crippen LogP contribution in [-0.4, -0.2) is 36.4 Å². The Hall–Kier alpha value is -3.14. The van der Waals surface area contributed by atoms with E-state index in [0.29, 0.717) is 32.8 Å². The van der Waals surface area contributed by atoms with Crippen LogP contribution >= 0.6 is 22.6 Å². The van der Waals surface area contributed by atoms with Crippen LogP contribution in [-0.2, 0) is 4.79 Å². The molecule has 0 aliphatic carbocycles. The van der Waals surface area contributed by atoms with Gasteiger partial charge in [-0.15, -0.1) is 0 Å². The van der Waals surface area contributed by atoms with Gasteiger partial charge in [0, 0.05) is 5.56 Å². The summed E-state index contributed by atoms with van der Waals surface area (Å²) in [6.07, 6.45) is 1.49. The van der Waals surface area contributed by atoms with Crippen molar-refractivity contribution >= 4 is 51.5 Å². The molecule has 0 radical (unpaired) electrons. The highest BCUT2D eigenvalue weighted by Gasteiger charge is 2.13. The third-order valence-electron chi connectivity index (χ3n) is 4.09. The zero-order chi connectivity index (χ0) is 21.5. The van der Waals surface area contributed by atoms with Crippen molar-refractivity contribution in [2.45, 2.75) is 6.92 Å². The summed E-state index contributed by atoms with van der Waals surface area (Å²) in [5.74, 6) is -0.622. The van der Waals surface area contributed by atoms with Crippen molar-refractivity contribution < 1.29 is 24.2 Å².